The predicted molar refractivity (Wildman–Crippen MR) is 26.9 cm³/mol. The number of carbonyl (C=O) groups is 1. The molecule has 1 rings (SSSR count). The molecule has 1 aliphatic rings. The molecule has 0 aliphatic heterocycles. The highest BCUT2D eigenvalue weighted by Crippen LogP contribution is 2.35. The second-order valence-electron chi connectivity index (χ2n) is 1.55. The van der Waals surface area contributed by atoms with E-state index in [0.717, 1.165) is 12.7 Å². The standard InChI is InChI=1S/C4H5BrO/c5-4-1-3(4)2-6/h2-4H,1H2/t3-,4-/m1/s1. The van der Waals surface area contributed by atoms with Crippen LogP contribution in [0.2, 0.25) is 0 Å². The molecule has 0 aromatic rings. The zero-order valence-corrected chi connectivity index (χ0v) is 4.81. The van der Waals surface area contributed by atoms with Crippen molar-refractivity contribution >= 4 is 22.2 Å². The molecule has 0 heterocycles. The molecule has 1 nitrogen and oxygen atoms in total. The molecule has 6 heavy (non-hydrogen) atoms. The van der Waals surface area contributed by atoms with Crippen LogP contribution in [-0.4, -0.2) is 11.1 Å². The van der Waals surface area contributed by atoms with Gasteiger partial charge in [0.25, 0.3) is 0 Å². The average molecular weight is 149 g/mol. The summed E-state index contributed by atoms with van der Waals surface area (Å²) in [6.45, 7) is 0. The first-order chi connectivity index (χ1) is 2.84. The van der Waals surface area contributed by atoms with Gasteiger partial charge in [-0.25, -0.2) is 0 Å². The molecular formula is C4H5BrO. The number of hydrogen-bond donors (Lipinski definition) is 0. The van der Waals surface area contributed by atoms with Gasteiger partial charge >= 0.3 is 0 Å². The SMILES string of the molecule is O=C[C@H]1C[C@H]1Br. The van der Waals surface area contributed by atoms with Crippen molar-refractivity contribution in [3.8, 4) is 0 Å². The summed E-state index contributed by atoms with van der Waals surface area (Å²) in [5.74, 6) is 0.338. The lowest BCUT2D eigenvalue weighted by atomic mass is 10.5. The number of rotatable bonds is 1. The Hall–Kier alpha value is 0.150. The van der Waals surface area contributed by atoms with E-state index < -0.39 is 0 Å². The van der Waals surface area contributed by atoms with Crippen molar-refractivity contribution in [1.29, 1.82) is 0 Å². The van der Waals surface area contributed by atoms with Crippen molar-refractivity contribution in [2.45, 2.75) is 11.2 Å². The van der Waals surface area contributed by atoms with Gasteiger partial charge in [0, 0.05) is 10.7 Å². The monoisotopic (exact) mass is 148 g/mol. The molecule has 0 aromatic carbocycles. The number of halogens is 1. The van der Waals surface area contributed by atoms with Gasteiger partial charge in [-0.05, 0) is 6.42 Å². The highest BCUT2D eigenvalue weighted by atomic mass is 79.9. The van der Waals surface area contributed by atoms with Crippen LogP contribution in [0.15, 0.2) is 0 Å². The van der Waals surface area contributed by atoms with Crippen LogP contribution in [0, 0.1) is 5.92 Å². The molecule has 0 N–H and O–H groups in total. The third-order valence-electron chi connectivity index (χ3n) is 0.934. The summed E-state index contributed by atoms with van der Waals surface area (Å²) < 4.78 is 0. The topological polar surface area (TPSA) is 17.1 Å². The van der Waals surface area contributed by atoms with Gasteiger partial charge in [-0.1, -0.05) is 15.9 Å². The third-order valence-corrected chi connectivity index (χ3v) is 1.99. The fourth-order valence-corrected chi connectivity index (χ4v) is 0.879. The van der Waals surface area contributed by atoms with Crippen molar-refractivity contribution in [3.05, 3.63) is 0 Å². The van der Waals surface area contributed by atoms with Gasteiger partial charge in [0.2, 0.25) is 0 Å². The number of carbonyl (C=O) groups excluding carboxylic acids is 1. The number of aldehydes is 1. The summed E-state index contributed by atoms with van der Waals surface area (Å²) in [6, 6.07) is 0. The normalized spacial score (nSPS) is 42.2. The van der Waals surface area contributed by atoms with Crippen LogP contribution in [-0.2, 0) is 4.79 Å². The highest BCUT2D eigenvalue weighted by Gasteiger charge is 2.33. The summed E-state index contributed by atoms with van der Waals surface area (Å²) in [5.41, 5.74) is 0. The lowest BCUT2D eigenvalue weighted by Gasteiger charge is -1.65. The highest BCUT2D eigenvalue weighted by molar-refractivity contribution is 9.09. The molecule has 1 saturated carbocycles. The Labute approximate surface area is 44.9 Å². The first-order valence-corrected chi connectivity index (χ1v) is 2.85. The second kappa shape index (κ2) is 1.34. The summed E-state index contributed by atoms with van der Waals surface area (Å²) in [7, 11) is 0. The van der Waals surface area contributed by atoms with Crippen LogP contribution in [0.4, 0.5) is 0 Å². The van der Waals surface area contributed by atoms with E-state index in [2.05, 4.69) is 15.9 Å². The lowest BCUT2D eigenvalue weighted by molar-refractivity contribution is -0.108. The van der Waals surface area contributed by atoms with Crippen molar-refractivity contribution < 1.29 is 4.79 Å². The van der Waals surface area contributed by atoms with Crippen LogP contribution < -0.4 is 0 Å². The maximum absolute atomic E-state index is 9.75. The Kier molecular flexibility index (Phi) is 0.960. The van der Waals surface area contributed by atoms with Crippen molar-refractivity contribution in [2.75, 3.05) is 0 Å². The van der Waals surface area contributed by atoms with E-state index in [4.69, 9.17) is 0 Å². The summed E-state index contributed by atoms with van der Waals surface area (Å²) in [5, 5.41) is 0. The van der Waals surface area contributed by atoms with Gasteiger partial charge in [-0.3, -0.25) is 0 Å². The Morgan fingerprint density at radius 1 is 1.83 bits per heavy atom. The Morgan fingerprint density at radius 2 is 2.33 bits per heavy atom. The third kappa shape index (κ3) is 0.620. The molecular weight excluding hydrogens is 144 g/mol. The van der Waals surface area contributed by atoms with Crippen LogP contribution in [0.1, 0.15) is 6.42 Å². The van der Waals surface area contributed by atoms with E-state index in [1.165, 1.54) is 0 Å². The van der Waals surface area contributed by atoms with E-state index >= 15 is 0 Å². The average Bonchev–Trinajstić information content (AvgIpc) is 2.19. The quantitative estimate of drug-likeness (QED) is 0.401. The number of hydrogen-bond acceptors (Lipinski definition) is 1. The fraction of sp³-hybridized carbons (Fsp3) is 0.750. The molecule has 0 amide bonds. The largest absolute Gasteiger partial charge is 0.303 e. The lowest BCUT2D eigenvalue weighted by Crippen LogP contribution is -1.75. The minimum absolute atomic E-state index is 0.338. The maximum atomic E-state index is 9.75. The number of alkyl halides is 1. The first-order valence-electron chi connectivity index (χ1n) is 1.94. The Bertz CT molecular complexity index is 71.9. The predicted octanol–water partition coefficient (Wildman–Crippen LogP) is 0.969. The van der Waals surface area contributed by atoms with Gasteiger partial charge in [0.05, 0.1) is 0 Å². The smallest absolute Gasteiger partial charge is 0.124 e. The van der Waals surface area contributed by atoms with E-state index in [0.29, 0.717) is 10.7 Å². The molecule has 0 spiro atoms. The van der Waals surface area contributed by atoms with E-state index in [-0.39, 0.29) is 0 Å². The maximum Gasteiger partial charge on any atom is 0.124 e. The second-order valence-corrected chi connectivity index (χ2v) is 2.73. The van der Waals surface area contributed by atoms with Crippen LogP contribution >= 0.6 is 15.9 Å². The summed E-state index contributed by atoms with van der Waals surface area (Å²) in [4.78, 5) is 10.3. The molecule has 2 atom stereocenters. The van der Waals surface area contributed by atoms with Crippen LogP contribution in [0.3, 0.4) is 0 Å². The van der Waals surface area contributed by atoms with Crippen LogP contribution in [0.5, 0.6) is 0 Å². The van der Waals surface area contributed by atoms with Crippen LogP contribution in [0.25, 0.3) is 0 Å². The molecule has 0 unspecified atom stereocenters. The van der Waals surface area contributed by atoms with Gasteiger partial charge < -0.3 is 4.79 Å². The molecule has 0 saturated heterocycles. The molecule has 34 valence electrons. The fourth-order valence-electron chi connectivity index (χ4n) is 0.322. The summed E-state index contributed by atoms with van der Waals surface area (Å²) in [6.07, 6.45) is 2.04. The van der Waals surface area contributed by atoms with E-state index in [1.54, 1.807) is 0 Å². The Balaban J connectivity index is 2.25. The van der Waals surface area contributed by atoms with Gasteiger partial charge in [0.15, 0.2) is 0 Å². The molecule has 0 aromatic heterocycles. The zero-order chi connectivity index (χ0) is 4.57. The van der Waals surface area contributed by atoms with Gasteiger partial charge in [-0.15, -0.1) is 0 Å². The van der Waals surface area contributed by atoms with E-state index in [1.807, 2.05) is 0 Å². The van der Waals surface area contributed by atoms with Gasteiger partial charge in [0.1, 0.15) is 6.29 Å². The van der Waals surface area contributed by atoms with Crippen molar-refractivity contribution in [3.63, 3.8) is 0 Å². The molecule has 1 fully saturated rings. The summed E-state index contributed by atoms with van der Waals surface area (Å²) >= 11 is 3.28. The van der Waals surface area contributed by atoms with Crippen molar-refractivity contribution in [2.24, 2.45) is 5.92 Å². The van der Waals surface area contributed by atoms with E-state index in [9.17, 15) is 4.79 Å². The zero-order valence-electron chi connectivity index (χ0n) is 3.23. The first kappa shape index (κ1) is 4.31. The van der Waals surface area contributed by atoms with Crippen molar-refractivity contribution in [1.82, 2.24) is 0 Å². The van der Waals surface area contributed by atoms with Gasteiger partial charge in [-0.2, -0.15) is 0 Å². The minimum atomic E-state index is 0.338. The molecule has 2 heteroatoms. The molecule has 1 aliphatic carbocycles. The molecule has 0 radical (unpaired) electrons. The Morgan fingerprint density at radius 3 is 2.33 bits per heavy atom. The minimum Gasteiger partial charge on any atom is -0.303 e. The molecule has 0 bridgehead atoms.